The molecule has 1 aliphatic heterocycles. The molecule has 0 N–H and O–H groups in total. The summed E-state index contributed by atoms with van der Waals surface area (Å²) < 4.78 is 0. The van der Waals surface area contributed by atoms with Crippen molar-refractivity contribution in [2.24, 2.45) is 5.41 Å². The summed E-state index contributed by atoms with van der Waals surface area (Å²) in [4.78, 5) is 2.73. The van der Waals surface area contributed by atoms with E-state index in [0.29, 0.717) is 0 Å². The van der Waals surface area contributed by atoms with Crippen LogP contribution in [0, 0.1) is 12.3 Å². The maximum Gasteiger partial charge on any atom is 0.0713 e. The molecule has 2 bridgehead atoms. The lowest BCUT2D eigenvalue weighted by Gasteiger charge is -2.40. The van der Waals surface area contributed by atoms with Gasteiger partial charge in [-0.3, -0.25) is 0 Å². The summed E-state index contributed by atoms with van der Waals surface area (Å²) in [5.41, 5.74) is 30.2. The van der Waals surface area contributed by atoms with E-state index in [1.807, 2.05) is 0 Å². The minimum Gasteiger partial charge on any atom is -0.340 e. The van der Waals surface area contributed by atoms with Crippen molar-refractivity contribution < 1.29 is 0 Å². The first kappa shape index (κ1) is 50.0. The van der Waals surface area contributed by atoms with E-state index in [-0.39, 0.29) is 16.2 Å². The van der Waals surface area contributed by atoms with E-state index < -0.39 is 0 Å². The first-order chi connectivity index (χ1) is 40.3. The molecule has 0 fully saturated rings. The lowest BCUT2D eigenvalue weighted by molar-refractivity contribution is 0.532. The number of aryl methyl sites for hydroxylation is 4. The predicted molar refractivity (Wildman–Crippen MR) is 343 cm³/mol. The summed E-state index contributed by atoms with van der Waals surface area (Å²) in [5.74, 6) is 0. The molecule has 1 spiro atoms. The highest BCUT2D eigenvalue weighted by Crippen LogP contribution is 2.57. The summed E-state index contributed by atoms with van der Waals surface area (Å²) in [6.45, 7) is 7.99. The van der Waals surface area contributed by atoms with Crippen molar-refractivity contribution in [1.29, 1.82) is 0 Å². The molecule has 1 heterocycles. The van der Waals surface area contributed by atoms with Gasteiger partial charge in [-0.25, -0.2) is 0 Å². The van der Waals surface area contributed by atoms with E-state index in [0.717, 1.165) is 45.1 Å². The average Bonchev–Trinajstić information content (AvgIpc) is 2.03. The van der Waals surface area contributed by atoms with E-state index in [9.17, 15) is 0 Å². The van der Waals surface area contributed by atoms with Crippen LogP contribution in [0.5, 0.6) is 0 Å². The third kappa shape index (κ3) is 8.03. The summed E-state index contributed by atoms with van der Waals surface area (Å²) in [5, 5.41) is 2.83. The van der Waals surface area contributed by atoms with Crippen molar-refractivity contribution >= 4 is 22.5 Å². The summed E-state index contributed by atoms with van der Waals surface area (Å²) in [6.07, 6.45) is 16.0. The number of hydrogen-bond donors (Lipinski definition) is 0. The fourth-order valence-corrected chi connectivity index (χ4v) is 15.4. The van der Waals surface area contributed by atoms with Crippen molar-refractivity contribution in [3.63, 3.8) is 0 Å². The summed E-state index contributed by atoms with van der Waals surface area (Å²) in [7, 11) is 0. The lowest BCUT2D eigenvalue weighted by atomic mass is 9.67. The van der Waals surface area contributed by atoms with Crippen LogP contribution in [-0.4, -0.2) is 6.54 Å². The Morgan fingerprint density at radius 1 is 0.439 bits per heavy atom. The molecule has 0 radical (unpaired) electrons. The Bertz CT molecular complexity index is 4340. The molecular weight excluding hydrogens is 987 g/mol. The van der Waals surface area contributed by atoms with Crippen molar-refractivity contribution in [1.82, 2.24) is 0 Å². The van der Waals surface area contributed by atoms with Crippen molar-refractivity contribution in [2.45, 2.75) is 70.1 Å². The van der Waals surface area contributed by atoms with Gasteiger partial charge < -0.3 is 4.90 Å². The van der Waals surface area contributed by atoms with Crippen LogP contribution in [-0.2, 0) is 30.1 Å². The van der Waals surface area contributed by atoms with Crippen molar-refractivity contribution in [3.8, 4) is 33.4 Å². The second-order valence-electron chi connectivity index (χ2n) is 24.3. The molecule has 1 atom stereocenters. The van der Waals surface area contributed by atoms with Gasteiger partial charge in [0.25, 0.3) is 0 Å². The monoisotopic (exact) mass is 1050 g/mol. The Balaban J connectivity index is 0.000000184. The zero-order valence-electron chi connectivity index (χ0n) is 47.3. The first-order valence-corrected chi connectivity index (χ1v) is 29.8. The Hall–Kier alpha value is -9.04. The highest BCUT2D eigenvalue weighted by molar-refractivity contribution is 5.96. The van der Waals surface area contributed by atoms with Crippen molar-refractivity contribution in [2.75, 3.05) is 11.4 Å². The van der Waals surface area contributed by atoms with Gasteiger partial charge in [-0.15, -0.1) is 0 Å². The molecule has 0 aromatic heterocycles. The van der Waals surface area contributed by atoms with Gasteiger partial charge in [0.05, 0.1) is 11.1 Å². The third-order valence-corrected chi connectivity index (χ3v) is 19.3. The topological polar surface area (TPSA) is 3.24 Å². The molecule has 16 rings (SSSR count). The van der Waals surface area contributed by atoms with Crippen LogP contribution in [0.15, 0.2) is 273 Å². The van der Waals surface area contributed by atoms with E-state index in [2.05, 4.69) is 293 Å². The largest absolute Gasteiger partial charge is 0.340 e. The van der Waals surface area contributed by atoms with E-state index in [1.165, 1.54) is 128 Å². The SMILES string of the molecule is CC1(C)c2cc(CCCc3ccc(-c4ccccc4)cc3)ccc2-c2ccc(N3CC45C=CC=CC4=c4ccccc4=C(C5)C4=C3c3ccccc3CC4)cc21.Cc1ccc2c(c1)C(c1ccccc1)(c1ccccc1)c1ccccc1-2. The molecule has 396 valence electrons. The standard InChI is InChI=1S/C55H47N.C26H20/c1-54(2)51-33-38(14-12-13-37-22-25-40(26-23-37)39-15-4-3-5-16-39)24-29-46(51)47-31-28-42(34-52(47)54)56-36-55-32-11-10-21-50(55)45-20-9-8-19-44(45)49(35-55)48-30-27-41-17-6-7-18-43(41)53(48)56;1-19-16-17-23-22-14-8-9-15-24(22)26(25(23)18-19,20-10-4-2-5-11-20)21-12-6-3-7-13-21/h3-11,15-26,28-29,31-34H,12-14,27,30,35-36H2,1-2H3;2-18H,1H3. The van der Waals surface area contributed by atoms with E-state index in [1.54, 1.807) is 5.57 Å². The number of rotatable bonds is 8. The van der Waals surface area contributed by atoms with Crippen molar-refractivity contribution in [3.05, 3.63) is 344 Å². The quantitative estimate of drug-likeness (QED) is 0.147. The van der Waals surface area contributed by atoms with Crippen LogP contribution < -0.4 is 15.3 Å². The molecule has 0 saturated heterocycles. The number of fused-ring (bicyclic) bond motifs is 11. The first-order valence-electron chi connectivity index (χ1n) is 29.8. The zero-order valence-corrected chi connectivity index (χ0v) is 47.3. The Morgan fingerprint density at radius 2 is 1.02 bits per heavy atom. The van der Waals surface area contributed by atoms with Gasteiger partial charge in [0, 0.05) is 28.6 Å². The number of anilines is 1. The molecule has 1 nitrogen and oxygen atoms in total. The molecule has 10 aromatic rings. The van der Waals surface area contributed by atoms with Gasteiger partial charge in [-0.1, -0.05) is 274 Å². The van der Waals surface area contributed by atoms with Gasteiger partial charge >= 0.3 is 0 Å². The number of benzene rings is 10. The van der Waals surface area contributed by atoms with Gasteiger partial charge in [-0.2, -0.15) is 0 Å². The molecule has 10 aromatic carbocycles. The molecule has 0 saturated carbocycles. The normalized spacial score (nSPS) is 17.7. The average molecular weight is 1050 g/mol. The van der Waals surface area contributed by atoms with Crippen LogP contribution in [0.3, 0.4) is 0 Å². The van der Waals surface area contributed by atoms with Crippen LogP contribution in [0.2, 0.25) is 0 Å². The molecule has 1 heteroatoms. The zero-order chi connectivity index (χ0) is 55.0. The number of allylic oxidation sites excluding steroid dienone is 4. The smallest absolute Gasteiger partial charge is 0.0713 e. The van der Waals surface area contributed by atoms with Gasteiger partial charge in [-0.05, 0) is 168 Å². The van der Waals surface area contributed by atoms with Crippen LogP contribution >= 0.6 is 0 Å². The van der Waals surface area contributed by atoms with Crippen LogP contribution in [0.1, 0.15) is 94.3 Å². The van der Waals surface area contributed by atoms with Gasteiger partial charge in [0.2, 0.25) is 0 Å². The molecule has 5 aliphatic carbocycles. The number of nitrogens with zero attached hydrogens (tertiary/aromatic N) is 1. The Kier molecular flexibility index (Phi) is 12.1. The van der Waals surface area contributed by atoms with Crippen LogP contribution in [0.4, 0.5) is 5.69 Å². The maximum atomic E-state index is 2.73. The van der Waals surface area contributed by atoms with E-state index >= 15 is 0 Å². The maximum absolute atomic E-state index is 2.73. The molecule has 1 unspecified atom stereocenters. The Labute approximate surface area is 484 Å². The fraction of sp³-hybridized carbons (Fsp3) is 0.160. The van der Waals surface area contributed by atoms with Gasteiger partial charge in [0.1, 0.15) is 0 Å². The fourth-order valence-electron chi connectivity index (χ4n) is 15.4. The highest BCUT2D eigenvalue weighted by Gasteiger charge is 2.47. The summed E-state index contributed by atoms with van der Waals surface area (Å²) in [6, 6.07) is 90.6. The summed E-state index contributed by atoms with van der Waals surface area (Å²) >= 11 is 0. The molecular formula is C81H67N. The second-order valence-corrected chi connectivity index (χ2v) is 24.3. The van der Waals surface area contributed by atoms with Gasteiger partial charge in [0.15, 0.2) is 0 Å². The highest BCUT2D eigenvalue weighted by atomic mass is 15.2. The van der Waals surface area contributed by atoms with Crippen LogP contribution in [0.25, 0.3) is 50.2 Å². The molecule has 0 amide bonds. The number of hydrogen-bond acceptors (Lipinski definition) is 1. The minimum atomic E-state index is -0.263. The third-order valence-electron chi connectivity index (χ3n) is 19.3. The second kappa shape index (κ2) is 19.9. The lowest BCUT2D eigenvalue weighted by Crippen LogP contribution is -2.44. The minimum absolute atomic E-state index is 0.0958. The molecule has 6 aliphatic rings. The Morgan fingerprint density at radius 3 is 1.79 bits per heavy atom. The molecule has 82 heavy (non-hydrogen) atoms. The predicted octanol–water partition coefficient (Wildman–Crippen LogP) is 17.9. The van der Waals surface area contributed by atoms with E-state index in [4.69, 9.17) is 0 Å².